The van der Waals surface area contributed by atoms with E-state index in [1.807, 2.05) is 31.1 Å². The molecule has 4 heteroatoms. The van der Waals surface area contributed by atoms with Gasteiger partial charge >= 0.3 is 0 Å². The zero-order chi connectivity index (χ0) is 12.7. The van der Waals surface area contributed by atoms with Crippen LogP contribution >= 0.6 is 0 Å². The predicted molar refractivity (Wildman–Crippen MR) is 72.9 cm³/mol. The second-order valence-electron chi connectivity index (χ2n) is 5.23. The van der Waals surface area contributed by atoms with E-state index < -0.39 is 0 Å². The molecule has 96 valence electrons. The van der Waals surface area contributed by atoms with Crippen LogP contribution < -0.4 is 4.90 Å². The van der Waals surface area contributed by atoms with Crippen molar-refractivity contribution in [1.29, 1.82) is 0 Å². The van der Waals surface area contributed by atoms with Crippen molar-refractivity contribution in [3.8, 4) is 0 Å². The molecule has 1 unspecified atom stereocenters. The van der Waals surface area contributed by atoms with Gasteiger partial charge in [-0.2, -0.15) is 0 Å². The Hall–Kier alpha value is -1.71. The van der Waals surface area contributed by atoms with Gasteiger partial charge in [0, 0.05) is 13.0 Å². The van der Waals surface area contributed by atoms with Gasteiger partial charge in [0.15, 0.2) is 6.17 Å². The monoisotopic (exact) mass is 245 g/mol. The lowest BCUT2D eigenvalue weighted by atomic mass is 10.0. The van der Waals surface area contributed by atoms with Gasteiger partial charge in [-0.15, -0.1) is 0 Å². The lowest BCUT2D eigenvalue weighted by Crippen LogP contribution is -2.53. The average Bonchev–Trinajstić information content (AvgIpc) is 2.39. The van der Waals surface area contributed by atoms with Crippen LogP contribution in [0.4, 0.5) is 5.69 Å². The summed E-state index contributed by atoms with van der Waals surface area (Å²) < 4.78 is 1.20. The van der Waals surface area contributed by atoms with Crippen molar-refractivity contribution in [3.05, 3.63) is 35.0 Å². The first-order chi connectivity index (χ1) is 8.70. The molecule has 18 heavy (non-hydrogen) atoms. The van der Waals surface area contributed by atoms with Crippen molar-refractivity contribution in [2.75, 3.05) is 25.5 Å². The number of benzene rings is 1. The normalized spacial score (nSPS) is 22.6. The molecule has 0 bridgehead atoms. The summed E-state index contributed by atoms with van der Waals surface area (Å²) in [5.74, 6) is 0.786. The van der Waals surface area contributed by atoms with Crippen LogP contribution in [0.1, 0.15) is 24.8 Å². The second-order valence-corrected chi connectivity index (χ2v) is 5.23. The quantitative estimate of drug-likeness (QED) is 0.516. The van der Waals surface area contributed by atoms with E-state index in [1.54, 1.807) is 0 Å². The molecule has 3 rings (SSSR count). The Morgan fingerprint density at radius 2 is 2.06 bits per heavy atom. The molecule has 2 aliphatic heterocycles. The Morgan fingerprint density at radius 1 is 1.28 bits per heavy atom. The summed E-state index contributed by atoms with van der Waals surface area (Å²) in [6, 6.07) is 8.23. The minimum Gasteiger partial charge on any atom is -0.714 e. The predicted octanol–water partition coefficient (Wildman–Crippen LogP) is 1.84. The van der Waals surface area contributed by atoms with Crippen molar-refractivity contribution in [2.45, 2.75) is 25.4 Å². The van der Waals surface area contributed by atoms with Crippen LogP contribution in [0.3, 0.4) is 0 Å². The number of hydrogen-bond acceptors (Lipinski definition) is 3. The van der Waals surface area contributed by atoms with Crippen molar-refractivity contribution in [3.63, 3.8) is 0 Å². The lowest BCUT2D eigenvalue weighted by molar-refractivity contribution is -0.509. The fraction of sp³-hybridized carbons (Fsp3) is 0.500. The molecule has 2 aliphatic rings. The zero-order valence-corrected chi connectivity index (χ0v) is 11.0. The third-order valence-electron chi connectivity index (χ3n) is 3.83. The van der Waals surface area contributed by atoms with E-state index in [9.17, 15) is 5.21 Å². The Morgan fingerprint density at radius 3 is 2.83 bits per heavy atom. The molecular formula is C14H19N3O. The van der Waals surface area contributed by atoms with E-state index in [0.29, 0.717) is 0 Å². The van der Waals surface area contributed by atoms with Crippen LogP contribution in [0.5, 0.6) is 0 Å². The zero-order valence-electron chi connectivity index (χ0n) is 11.0. The smallest absolute Gasteiger partial charge is 0.285 e. The maximum absolute atomic E-state index is 12.6. The Bertz CT molecular complexity index is 496. The average molecular weight is 245 g/mol. The maximum atomic E-state index is 12.6. The minimum atomic E-state index is -0.0222. The van der Waals surface area contributed by atoms with Gasteiger partial charge in [0.05, 0.1) is 25.3 Å². The van der Waals surface area contributed by atoms with Crippen LogP contribution in [-0.4, -0.2) is 42.3 Å². The fourth-order valence-electron chi connectivity index (χ4n) is 3.05. The first-order valence-corrected chi connectivity index (χ1v) is 6.57. The molecule has 0 aliphatic carbocycles. The number of nitrogens with zero attached hydrogens (tertiary/aromatic N) is 3. The summed E-state index contributed by atoms with van der Waals surface area (Å²) in [7, 11) is 3.88. The molecule has 4 nitrogen and oxygen atoms in total. The number of anilines is 1. The number of rotatable bonds is 0. The van der Waals surface area contributed by atoms with Gasteiger partial charge in [-0.3, -0.25) is 4.90 Å². The third kappa shape index (κ3) is 1.55. The molecule has 0 radical (unpaired) electrons. The molecule has 1 fully saturated rings. The maximum Gasteiger partial charge on any atom is 0.285 e. The second kappa shape index (κ2) is 4.19. The molecule has 0 saturated carbocycles. The summed E-state index contributed by atoms with van der Waals surface area (Å²) in [4.78, 5) is 4.19. The SMILES string of the molecule is CN(C)C1=[N+]([O-])C2CCCCN2c2ccccc21. The van der Waals surface area contributed by atoms with Gasteiger partial charge in [-0.05, 0) is 25.0 Å². The topological polar surface area (TPSA) is 32.5 Å². The minimum absolute atomic E-state index is 0.0222. The molecule has 0 spiro atoms. The van der Waals surface area contributed by atoms with Crippen LogP contribution in [0.2, 0.25) is 0 Å². The summed E-state index contributed by atoms with van der Waals surface area (Å²) in [5, 5.41) is 12.6. The number of piperidine rings is 1. The van der Waals surface area contributed by atoms with E-state index in [2.05, 4.69) is 17.0 Å². The van der Waals surface area contributed by atoms with E-state index in [4.69, 9.17) is 0 Å². The number of hydrogen-bond donors (Lipinski definition) is 0. The molecule has 0 aromatic heterocycles. The number of amidine groups is 1. The largest absolute Gasteiger partial charge is 0.714 e. The van der Waals surface area contributed by atoms with Crippen LogP contribution in [0.15, 0.2) is 24.3 Å². The van der Waals surface area contributed by atoms with Crippen molar-refractivity contribution >= 4 is 11.5 Å². The molecule has 0 N–H and O–H groups in total. The van der Waals surface area contributed by atoms with Gasteiger partial charge in [-0.1, -0.05) is 12.1 Å². The highest BCUT2D eigenvalue weighted by molar-refractivity contribution is 6.01. The number of para-hydroxylation sites is 1. The molecule has 2 heterocycles. The highest BCUT2D eigenvalue weighted by Gasteiger charge is 2.36. The van der Waals surface area contributed by atoms with E-state index in [0.717, 1.165) is 30.8 Å². The van der Waals surface area contributed by atoms with E-state index in [1.165, 1.54) is 16.8 Å². The van der Waals surface area contributed by atoms with Gasteiger partial charge in [0.25, 0.3) is 5.84 Å². The molecule has 1 aromatic carbocycles. The van der Waals surface area contributed by atoms with Gasteiger partial charge in [-0.25, -0.2) is 4.74 Å². The number of hydroxylamine groups is 1. The summed E-state index contributed by atoms with van der Waals surface area (Å²) in [6.07, 6.45) is 3.25. The summed E-state index contributed by atoms with van der Waals surface area (Å²) in [5.41, 5.74) is 2.26. The van der Waals surface area contributed by atoms with E-state index >= 15 is 0 Å². The molecule has 1 saturated heterocycles. The lowest BCUT2D eigenvalue weighted by Gasteiger charge is -2.43. The molecule has 1 aromatic rings. The molecular weight excluding hydrogens is 226 g/mol. The molecule has 1 atom stereocenters. The van der Waals surface area contributed by atoms with Gasteiger partial charge in [0.1, 0.15) is 0 Å². The Kier molecular flexibility index (Phi) is 2.65. The summed E-state index contributed by atoms with van der Waals surface area (Å²) in [6.45, 7) is 0.987. The third-order valence-corrected chi connectivity index (χ3v) is 3.83. The van der Waals surface area contributed by atoms with Crippen molar-refractivity contribution in [1.82, 2.24) is 4.90 Å². The Labute approximate surface area is 108 Å². The van der Waals surface area contributed by atoms with E-state index in [-0.39, 0.29) is 6.17 Å². The van der Waals surface area contributed by atoms with Crippen LogP contribution in [0, 0.1) is 5.21 Å². The first kappa shape index (κ1) is 11.4. The highest BCUT2D eigenvalue weighted by Crippen LogP contribution is 2.32. The standard InChI is InChI=1S/C14H19N3O/c1-15(2)14-11-7-3-4-8-12(11)16-10-6-5-9-13(16)17(14)18/h3-4,7-8,13H,5-6,9-10H2,1-2H3. The van der Waals surface area contributed by atoms with Crippen molar-refractivity contribution < 1.29 is 4.74 Å². The number of fused-ring (bicyclic) bond motifs is 3. The Balaban J connectivity index is 2.18. The van der Waals surface area contributed by atoms with Crippen LogP contribution in [0.25, 0.3) is 0 Å². The van der Waals surface area contributed by atoms with Crippen molar-refractivity contribution in [2.24, 2.45) is 0 Å². The molecule has 0 amide bonds. The van der Waals surface area contributed by atoms with Crippen LogP contribution in [-0.2, 0) is 0 Å². The van der Waals surface area contributed by atoms with Gasteiger partial charge < -0.3 is 10.1 Å². The summed E-state index contributed by atoms with van der Waals surface area (Å²) >= 11 is 0. The fourth-order valence-corrected chi connectivity index (χ4v) is 3.05. The first-order valence-electron chi connectivity index (χ1n) is 6.57. The highest BCUT2D eigenvalue weighted by atomic mass is 16.5. The van der Waals surface area contributed by atoms with Gasteiger partial charge in [0.2, 0.25) is 0 Å².